The Labute approximate surface area is 106 Å². The van der Waals surface area contributed by atoms with Crippen LogP contribution in [-0.2, 0) is 6.18 Å². The maximum absolute atomic E-state index is 12.7. The van der Waals surface area contributed by atoms with Gasteiger partial charge in [0.05, 0.1) is 6.04 Å². The third kappa shape index (κ3) is 2.59. The summed E-state index contributed by atoms with van der Waals surface area (Å²) in [5.74, 6) is 1.54. The molecule has 0 fully saturated rings. The van der Waals surface area contributed by atoms with E-state index in [4.69, 9.17) is 6.42 Å². The van der Waals surface area contributed by atoms with Gasteiger partial charge in [0.2, 0.25) is 0 Å². The molecule has 19 heavy (non-hydrogen) atoms. The van der Waals surface area contributed by atoms with Crippen molar-refractivity contribution in [1.82, 2.24) is 19.8 Å². The van der Waals surface area contributed by atoms with Gasteiger partial charge in [-0.05, 0) is 18.6 Å². The molecule has 0 aromatic carbocycles. The van der Waals surface area contributed by atoms with Gasteiger partial charge < -0.3 is 5.32 Å². The van der Waals surface area contributed by atoms with E-state index in [9.17, 15) is 13.2 Å². The van der Waals surface area contributed by atoms with Gasteiger partial charge in [-0.1, -0.05) is 12.8 Å². The lowest BCUT2D eigenvalue weighted by atomic mass is 10.2. The molecular weight excluding hydrogens is 259 g/mol. The van der Waals surface area contributed by atoms with Crippen molar-refractivity contribution in [2.45, 2.75) is 25.6 Å². The number of alkyl halides is 3. The van der Waals surface area contributed by atoms with Crippen molar-refractivity contribution >= 4 is 11.5 Å². The van der Waals surface area contributed by atoms with Crippen molar-refractivity contribution in [3.63, 3.8) is 0 Å². The second-order valence-corrected chi connectivity index (χ2v) is 3.78. The van der Waals surface area contributed by atoms with E-state index in [0.717, 1.165) is 0 Å². The summed E-state index contributed by atoms with van der Waals surface area (Å²) in [5, 5.41) is 13.1. The zero-order valence-electron chi connectivity index (χ0n) is 9.94. The Morgan fingerprint density at radius 1 is 1.42 bits per heavy atom. The molecule has 0 radical (unpaired) electrons. The molecule has 2 rings (SSSR count). The van der Waals surface area contributed by atoms with Crippen molar-refractivity contribution in [3.8, 4) is 12.3 Å². The second kappa shape index (κ2) is 4.76. The molecule has 1 N–H and O–H groups in total. The van der Waals surface area contributed by atoms with Crippen molar-refractivity contribution in [3.05, 3.63) is 18.0 Å². The standard InChI is InChI=1S/C11H10F3N5/c1-3-7(4-2)15-8-5-6-9-16-17-10(11(12,13)14)19(9)18-8/h1,5-7H,4H2,2H3,(H,15,18). The van der Waals surface area contributed by atoms with Crippen LogP contribution in [0.4, 0.5) is 19.0 Å². The van der Waals surface area contributed by atoms with Crippen molar-refractivity contribution in [2.24, 2.45) is 0 Å². The Balaban J connectivity index is 2.42. The van der Waals surface area contributed by atoms with Gasteiger partial charge in [0, 0.05) is 0 Å². The molecule has 5 nitrogen and oxygen atoms in total. The van der Waals surface area contributed by atoms with E-state index in [1.54, 1.807) is 0 Å². The number of fused-ring (bicyclic) bond motifs is 1. The van der Waals surface area contributed by atoms with Crippen LogP contribution in [0.3, 0.4) is 0 Å². The van der Waals surface area contributed by atoms with E-state index >= 15 is 0 Å². The molecule has 1 atom stereocenters. The fourth-order valence-corrected chi connectivity index (χ4v) is 1.48. The third-order valence-electron chi connectivity index (χ3n) is 2.45. The lowest BCUT2D eigenvalue weighted by Gasteiger charge is -2.11. The van der Waals surface area contributed by atoms with Crippen LogP contribution in [0.1, 0.15) is 19.2 Å². The first kappa shape index (κ1) is 13.1. The molecule has 2 heterocycles. The van der Waals surface area contributed by atoms with Crippen LogP contribution >= 0.6 is 0 Å². The molecule has 1 unspecified atom stereocenters. The van der Waals surface area contributed by atoms with Crippen molar-refractivity contribution < 1.29 is 13.2 Å². The van der Waals surface area contributed by atoms with Gasteiger partial charge in [0.15, 0.2) is 5.65 Å². The highest BCUT2D eigenvalue weighted by molar-refractivity contribution is 5.45. The van der Waals surface area contributed by atoms with Gasteiger partial charge in [-0.3, -0.25) is 0 Å². The lowest BCUT2D eigenvalue weighted by Crippen LogP contribution is -2.18. The minimum absolute atomic E-state index is 0.0200. The Bertz CT molecular complexity index is 625. The highest BCUT2D eigenvalue weighted by Gasteiger charge is 2.37. The minimum atomic E-state index is -4.61. The normalized spacial score (nSPS) is 13.2. The minimum Gasteiger partial charge on any atom is -0.355 e. The monoisotopic (exact) mass is 269 g/mol. The van der Waals surface area contributed by atoms with Crippen LogP contribution in [0.5, 0.6) is 0 Å². The van der Waals surface area contributed by atoms with E-state index in [2.05, 4.69) is 26.5 Å². The van der Waals surface area contributed by atoms with E-state index < -0.39 is 12.0 Å². The molecule has 0 aliphatic heterocycles. The Morgan fingerprint density at radius 3 is 2.74 bits per heavy atom. The molecule has 2 aromatic rings. The lowest BCUT2D eigenvalue weighted by molar-refractivity contribution is -0.146. The van der Waals surface area contributed by atoms with Gasteiger partial charge in [0.1, 0.15) is 5.82 Å². The topological polar surface area (TPSA) is 55.1 Å². The molecule has 0 saturated carbocycles. The average molecular weight is 269 g/mol. The predicted molar refractivity (Wildman–Crippen MR) is 62.3 cm³/mol. The molecule has 0 bridgehead atoms. The zero-order valence-corrected chi connectivity index (χ0v) is 9.94. The third-order valence-corrected chi connectivity index (χ3v) is 2.45. The molecule has 0 aliphatic rings. The molecule has 0 spiro atoms. The number of rotatable bonds is 3. The summed E-state index contributed by atoms with van der Waals surface area (Å²) < 4.78 is 38.6. The van der Waals surface area contributed by atoms with Crippen LogP contribution in [0.2, 0.25) is 0 Å². The molecule has 0 aliphatic carbocycles. The summed E-state index contributed by atoms with van der Waals surface area (Å²) in [5.41, 5.74) is 0.0200. The van der Waals surface area contributed by atoms with Crippen molar-refractivity contribution in [2.75, 3.05) is 5.32 Å². The first-order valence-corrected chi connectivity index (χ1v) is 5.48. The molecular formula is C11H10F3N5. The van der Waals surface area contributed by atoms with Crippen molar-refractivity contribution in [1.29, 1.82) is 0 Å². The van der Waals surface area contributed by atoms with Crippen LogP contribution in [-0.4, -0.2) is 25.9 Å². The molecule has 2 aromatic heterocycles. The summed E-state index contributed by atoms with van der Waals surface area (Å²) in [6.07, 6.45) is 1.29. The van der Waals surface area contributed by atoms with Gasteiger partial charge >= 0.3 is 6.18 Å². The Morgan fingerprint density at radius 2 is 2.16 bits per heavy atom. The van der Waals surface area contributed by atoms with E-state index in [1.807, 2.05) is 6.92 Å². The number of aromatic nitrogens is 4. The molecule has 0 amide bonds. The summed E-state index contributed by atoms with van der Waals surface area (Å²) in [7, 11) is 0. The number of terminal acetylenes is 1. The highest BCUT2D eigenvalue weighted by atomic mass is 19.4. The number of anilines is 1. The van der Waals surface area contributed by atoms with Crippen LogP contribution in [0.15, 0.2) is 12.1 Å². The summed E-state index contributed by atoms with van der Waals surface area (Å²) in [4.78, 5) is 0. The Kier molecular flexibility index (Phi) is 3.29. The molecule has 8 heteroatoms. The largest absolute Gasteiger partial charge is 0.453 e. The SMILES string of the molecule is C#CC(CC)Nc1ccc2nnc(C(F)(F)F)n2n1. The van der Waals surface area contributed by atoms with E-state index in [-0.39, 0.29) is 17.5 Å². The van der Waals surface area contributed by atoms with Gasteiger partial charge in [-0.2, -0.15) is 17.7 Å². The molecule has 0 saturated heterocycles. The Hall–Kier alpha value is -2.30. The zero-order chi connectivity index (χ0) is 14.0. The molecule has 100 valence electrons. The first-order valence-electron chi connectivity index (χ1n) is 5.48. The fraction of sp³-hybridized carbons (Fsp3) is 0.364. The quantitative estimate of drug-likeness (QED) is 0.865. The maximum Gasteiger partial charge on any atom is 0.453 e. The number of nitrogens with zero attached hydrogens (tertiary/aromatic N) is 4. The fourth-order valence-electron chi connectivity index (χ4n) is 1.48. The van der Waals surface area contributed by atoms with Crippen LogP contribution in [0, 0.1) is 12.3 Å². The van der Waals surface area contributed by atoms with Gasteiger partial charge in [-0.25, -0.2) is 0 Å². The number of hydrogen-bond donors (Lipinski definition) is 1. The maximum atomic E-state index is 12.7. The summed E-state index contributed by atoms with van der Waals surface area (Å²) in [6, 6.07) is 2.60. The van der Waals surface area contributed by atoms with Crippen LogP contribution < -0.4 is 5.32 Å². The van der Waals surface area contributed by atoms with E-state index in [1.165, 1.54) is 12.1 Å². The summed E-state index contributed by atoms with van der Waals surface area (Å²) in [6.45, 7) is 1.86. The predicted octanol–water partition coefficient (Wildman–Crippen LogP) is 1.97. The van der Waals surface area contributed by atoms with Crippen LogP contribution in [0.25, 0.3) is 5.65 Å². The smallest absolute Gasteiger partial charge is 0.355 e. The number of hydrogen-bond acceptors (Lipinski definition) is 4. The second-order valence-electron chi connectivity index (χ2n) is 3.78. The summed E-state index contributed by atoms with van der Waals surface area (Å²) >= 11 is 0. The van der Waals surface area contributed by atoms with E-state index in [0.29, 0.717) is 10.9 Å². The number of halogens is 3. The average Bonchev–Trinajstić information content (AvgIpc) is 2.78. The van der Waals surface area contributed by atoms with Gasteiger partial charge in [0.25, 0.3) is 5.82 Å². The number of nitrogens with one attached hydrogen (secondary N) is 1. The van der Waals surface area contributed by atoms with Gasteiger partial charge in [-0.15, -0.1) is 21.7 Å². The highest BCUT2D eigenvalue weighted by Crippen LogP contribution is 2.27. The first-order chi connectivity index (χ1) is 8.95.